The molecule has 1 saturated heterocycles. The van der Waals surface area contributed by atoms with Gasteiger partial charge < -0.3 is 10.1 Å². The Morgan fingerprint density at radius 3 is 2.11 bits per heavy atom. The number of benzene rings is 1. The predicted molar refractivity (Wildman–Crippen MR) is 99.9 cm³/mol. The normalized spacial score (nSPS) is 29.6. The van der Waals surface area contributed by atoms with Crippen molar-refractivity contribution in [1.29, 1.82) is 0 Å². The first kappa shape index (κ1) is 17.8. The maximum absolute atomic E-state index is 13.1. The second-order valence-corrected chi connectivity index (χ2v) is 7.53. The first-order valence-electron chi connectivity index (χ1n) is 9.55. The number of methoxy groups -OCH3 is 1. The molecule has 1 heterocycles. The number of amides is 3. The second kappa shape index (κ2) is 6.83. The lowest BCUT2D eigenvalue weighted by atomic mass is 9.63. The van der Waals surface area contributed by atoms with Gasteiger partial charge in [0.1, 0.15) is 11.8 Å². The molecule has 1 aromatic carbocycles. The number of hydrogen-bond donors (Lipinski definition) is 1. The largest absolute Gasteiger partial charge is 0.497 e. The van der Waals surface area contributed by atoms with Gasteiger partial charge in [-0.2, -0.15) is 0 Å². The van der Waals surface area contributed by atoms with Gasteiger partial charge in [0.05, 0.1) is 18.9 Å². The van der Waals surface area contributed by atoms with Crippen LogP contribution in [0.3, 0.4) is 0 Å². The van der Waals surface area contributed by atoms with Crippen LogP contribution in [0.5, 0.6) is 5.75 Å². The number of anilines is 1. The van der Waals surface area contributed by atoms with Crippen molar-refractivity contribution in [1.82, 2.24) is 4.90 Å². The van der Waals surface area contributed by atoms with Crippen molar-refractivity contribution in [2.24, 2.45) is 23.7 Å². The Hall–Kier alpha value is -2.63. The molecule has 0 radical (unpaired) electrons. The summed E-state index contributed by atoms with van der Waals surface area (Å²) in [6.07, 6.45) is 6.46. The van der Waals surface area contributed by atoms with Crippen LogP contribution >= 0.6 is 0 Å². The third-order valence-electron chi connectivity index (χ3n) is 6.15. The average molecular weight is 368 g/mol. The van der Waals surface area contributed by atoms with Crippen LogP contribution in [0.15, 0.2) is 36.4 Å². The number of imide groups is 1. The van der Waals surface area contributed by atoms with Crippen LogP contribution in [-0.4, -0.2) is 35.8 Å². The molecule has 27 heavy (non-hydrogen) atoms. The first-order chi connectivity index (χ1) is 13.0. The van der Waals surface area contributed by atoms with Crippen LogP contribution in [0.4, 0.5) is 5.69 Å². The molecule has 6 nitrogen and oxygen atoms in total. The minimum Gasteiger partial charge on any atom is -0.497 e. The molecule has 0 spiro atoms. The molecule has 5 rings (SSSR count). The van der Waals surface area contributed by atoms with Gasteiger partial charge in [-0.1, -0.05) is 19.1 Å². The summed E-state index contributed by atoms with van der Waals surface area (Å²) in [6, 6.07) is 6.20. The van der Waals surface area contributed by atoms with Gasteiger partial charge in [0.15, 0.2) is 0 Å². The molecule has 1 N–H and O–H groups in total. The molecule has 5 atom stereocenters. The smallest absolute Gasteiger partial charge is 0.247 e. The third kappa shape index (κ3) is 2.83. The van der Waals surface area contributed by atoms with E-state index in [1.807, 2.05) is 6.92 Å². The fraction of sp³-hybridized carbons (Fsp3) is 0.476. The number of likely N-dealkylation sites (tertiary alicyclic amines) is 1. The van der Waals surface area contributed by atoms with Gasteiger partial charge in [-0.05, 0) is 55.4 Å². The minimum absolute atomic E-state index is 0.128. The quantitative estimate of drug-likeness (QED) is 0.640. The average Bonchev–Trinajstić information content (AvgIpc) is 2.97. The highest BCUT2D eigenvalue weighted by atomic mass is 16.5. The molecule has 142 valence electrons. The highest BCUT2D eigenvalue weighted by Gasteiger charge is 2.58. The number of nitrogens with zero attached hydrogens (tertiary/aromatic N) is 1. The molecular formula is C21H24N2O4. The summed E-state index contributed by atoms with van der Waals surface area (Å²) >= 11 is 0. The van der Waals surface area contributed by atoms with Gasteiger partial charge in [-0.25, -0.2) is 0 Å². The van der Waals surface area contributed by atoms with Crippen LogP contribution in [0.2, 0.25) is 0 Å². The lowest BCUT2D eigenvalue weighted by Gasteiger charge is -2.38. The van der Waals surface area contributed by atoms with Crippen LogP contribution in [0.25, 0.3) is 0 Å². The Kier molecular flexibility index (Phi) is 4.50. The van der Waals surface area contributed by atoms with Gasteiger partial charge in [-0.15, -0.1) is 0 Å². The molecule has 0 aromatic heterocycles. The van der Waals surface area contributed by atoms with E-state index in [1.54, 1.807) is 31.4 Å². The van der Waals surface area contributed by atoms with Crippen molar-refractivity contribution in [2.75, 3.05) is 12.4 Å². The fourth-order valence-electron chi connectivity index (χ4n) is 4.79. The Morgan fingerprint density at radius 2 is 1.67 bits per heavy atom. The predicted octanol–water partition coefficient (Wildman–Crippen LogP) is 2.61. The minimum atomic E-state index is -0.780. The number of rotatable bonds is 5. The van der Waals surface area contributed by atoms with Gasteiger partial charge >= 0.3 is 0 Å². The molecule has 2 bridgehead atoms. The Labute approximate surface area is 158 Å². The number of nitrogens with one attached hydrogen (secondary N) is 1. The molecular weight excluding hydrogens is 344 g/mol. The number of carbonyl (C=O) groups is 3. The maximum Gasteiger partial charge on any atom is 0.247 e. The summed E-state index contributed by atoms with van der Waals surface area (Å²) in [5.41, 5.74) is 0.609. The molecule has 2 fully saturated rings. The van der Waals surface area contributed by atoms with Gasteiger partial charge in [0, 0.05) is 5.69 Å². The molecule has 3 amide bonds. The van der Waals surface area contributed by atoms with Crippen LogP contribution in [0, 0.1) is 23.7 Å². The zero-order chi connectivity index (χ0) is 19.1. The molecule has 1 saturated carbocycles. The highest BCUT2D eigenvalue weighted by Crippen LogP contribution is 2.50. The van der Waals surface area contributed by atoms with E-state index in [0.717, 1.165) is 12.8 Å². The Morgan fingerprint density at radius 1 is 1.11 bits per heavy atom. The molecule has 3 aliphatic carbocycles. The number of carbonyl (C=O) groups excluding carboxylic acids is 3. The van der Waals surface area contributed by atoms with Gasteiger partial charge in [-0.3, -0.25) is 19.3 Å². The van der Waals surface area contributed by atoms with E-state index in [-0.39, 0.29) is 41.4 Å². The summed E-state index contributed by atoms with van der Waals surface area (Å²) in [4.78, 5) is 40.2. The lowest BCUT2D eigenvalue weighted by Crippen LogP contribution is -2.47. The summed E-state index contributed by atoms with van der Waals surface area (Å²) in [7, 11) is 1.58. The van der Waals surface area contributed by atoms with Gasteiger partial charge in [0.25, 0.3) is 0 Å². The summed E-state index contributed by atoms with van der Waals surface area (Å²) < 4.78 is 5.12. The van der Waals surface area contributed by atoms with E-state index in [9.17, 15) is 14.4 Å². The lowest BCUT2D eigenvalue weighted by molar-refractivity contribution is -0.146. The van der Waals surface area contributed by atoms with Crippen molar-refractivity contribution in [2.45, 2.75) is 32.2 Å². The van der Waals surface area contributed by atoms with Crippen molar-refractivity contribution >= 4 is 23.4 Å². The molecule has 0 unspecified atom stereocenters. The van der Waals surface area contributed by atoms with Crippen LogP contribution in [0.1, 0.15) is 26.2 Å². The third-order valence-corrected chi connectivity index (χ3v) is 6.15. The van der Waals surface area contributed by atoms with Crippen LogP contribution in [-0.2, 0) is 14.4 Å². The number of ether oxygens (including phenoxy) is 1. The van der Waals surface area contributed by atoms with Crippen LogP contribution < -0.4 is 10.1 Å². The fourth-order valence-corrected chi connectivity index (χ4v) is 4.79. The first-order valence-corrected chi connectivity index (χ1v) is 9.55. The zero-order valence-corrected chi connectivity index (χ0v) is 15.6. The summed E-state index contributed by atoms with van der Waals surface area (Å²) in [5, 5.41) is 2.83. The standard InChI is InChI=1S/C21H24N2O4/c1-3-16(19(24)22-14-8-10-15(27-2)11-9-14)23-20(25)17-12-4-5-13(7-6-12)18(17)21(23)26/h4-5,8-13,16-18H,3,6-7H2,1-2H3,(H,22,24)/t12-,13-,16+,17-,18+/m0/s1. The van der Waals surface area contributed by atoms with E-state index in [2.05, 4.69) is 17.5 Å². The van der Waals surface area contributed by atoms with E-state index < -0.39 is 6.04 Å². The van der Waals surface area contributed by atoms with Crippen molar-refractivity contribution < 1.29 is 19.1 Å². The summed E-state index contributed by atoms with van der Waals surface area (Å²) in [6.45, 7) is 1.83. The number of fused-ring (bicyclic) bond motifs is 1. The van der Waals surface area contributed by atoms with Gasteiger partial charge in [0.2, 0.25) is 17.7 Å². The van der Waals surface area contributed by atoms with E-state index in [0.29, 0.717) is 17.9 Å². The van der Waals surface area contributed by atoms with Crippen molar-refractivity contribution in [3.63, 3.8) is 0 Å². The molecule has 1 aliphatic heterocycles. The van der Waals surface area contributed by atoms with E-state index in [1.165, 1.54) is 4.90 Å². The van der Waals surface area contributed by atoms with E-state index in [4.69, 9.17) is 4.74 Å². The SMILES string of the molecule is CC[C@H](C(=O)Nc1ccc(OC)cc1)N1C(=O)[C@@H]2[C@H](C1=O)[C@H]1C=C[C@H]2CC1. The highest BCUT2D eigenvalue weighted by molar-refractivity contribution is 6.10. The topological polar surface area (TPSA) is 75.7 Å². The molecule has 4 aliphatic rings. The molecule has 6 heteroatoms. The van der Waals surface area contributed by atoms with Crippen molar-refractivity contribution in [3.05, 3.63) is 36.4 Å². The monoisotopic (exact) mass is 368 g/mol. The summed E-state index contributed by atoms with van der Waals surface area (Å²) in [5.74, 6) is -0.317. The van der Waals surface area contributed by atoms with E-state index >= 15 is 0 Å². The second-order valence-electron chi connectivity index (χ2n) is 7.53. The van der Waals surface area contributed by atoms with Crippen molar-refractivity contribution in [3.8, 4) is 5.75 Å². The Bertz CT molecular complexity index is 769. The Balaban J connectivity index is 1.54. The zero-order valence-electron chi connectivity index (χ0n) is 15.6. The molecule has 1 aromatic rings. The number of allylic oxidation sites excluding steroid dienone is 2. The number of hydrogen-bond acceptors (Lipinski definition) is 4. The maximum atomic E-state index is 13.1.